The average Bonchev–Trinajstić information content (AvgIpc) is 2.24. The van der Waals surface area contributed by atoms with Gasteiger partial charge in [-0.2, -0.15) is 0 Å². The van der Waals surface area contributed by atoms with Crippen LogP contribution >= 0.6 is 0 Å². The van der Waals surface area contributed by atoms with Crippen molar-refractivity contribution in [3.8, 4) is 0 Å². The first-order valence-corrected chi connectivity index (χ1v) is 5.65. The molecule has 1 aromatic rings. The van der Waals surface area contributed by atoms with E-state index in [-0.39, 0.29) is 5.82 Å². The highest BCUT2D eigenvalue weighted by Crippen LogP contribution is 2.09. The average molecular weight is 209 g/mol. The molecule has 0 saturated carbocycles. The molecule has 0 heterocycles. The number of benzene rings is 1. The van der Waals surface area contributed by atoms with Gasteiger partial charge < -0.3 is 5.32 Å². The minimum Gasteiger partial charge on any atom is -0.310 e. The maximum Gasteiger partial charge on any atom is 0.126 e. The summed E-state index contributed by atoms with van der Waals surface area (Å²) in [5.74, 6) is -0.124. The quantitative estimate of drug-likeness (QED) is 0.783. The molecular weight excluding hydrogens is 189 g/mol. The fraction of sp³-hybridized carbons (Fsp3) is 0.538. The molecule has 1 nitrogen and oxygen atoms in total. The van der Waals surface area contributed by atoms with Crippen molar-refractivity contribution in [2.75, 3.05) is 0 Å². The number of halogens is 1. The number of hydrogen-bond donors (Lipinski definition) is 1. The topological polar surface area (TPSA) is 12.0 Å². The molecule has 0 spiro atoms. The van der Waals surface area contributed by atoms with Crippen LogP contribution in [0.25, 0.3) is 0 Å². The van der Waals surface area contributed by atoms with Crippen LogP contribution in [0.2, 0.25) is 0 Å². The lowest BCUT2D eigenvalue weighted by atomic mass is 10.1. The van der Waals surface area contributed by atoms with Gasteiger partial charge in [-0.3, -0.25) is 0 Å². The Labute approximate surface area is 91.7 Å². The Hall–Kier alpha value is -0.890. The summed E-state index contributed by atoms with van der Waals surface area (Å²) in [6.07, 6.45) is 2.27. The molecule has 2 heteroatoms. The second-order valence-electron chi connectivity index (χ2n) is 3.98. The van der Waals surface area contributed by atoms with Crippen LogP contribution in [-0.4, -0.2) is 6.04 Å². The van der Waals surface area contributed by atoms with E-state index in [4.69, 9.17) is 0 Å². The fourth-order valence-electron chi connectivity index (χ4n) is 1.66. The lowest BCUT2D eigenvalue weighted by Gasteiger charge is -2.14. The predicted octanol–water partition coefficient (Wildman–Crippen LogP) is 3.41. The van der Waals surface area contributed by atoms with Crippen molar-refractivity contribution in [1.82, 2.24) is 5.32 Å². The molecule has 0 radical (unpaired) electrons. The molecule has 1 aromatic carbocycles. The van der Waals surface area contributed by atoms with E-state index in [0.717, 1.165) is 30.5 Å². The molecular formula is C13H20FN. The third-order valence-corrected chi connectivity index (χ3v) is 2.80. The highest BCUT2D eigenvalue weighted by Gasteiger charge is 2.03. The van der Waals surface area contributed by atoms with Gasteiger partial charge in [0, 0.05) is 12.6 Å². The summed E-state index contributed by atoms with van der Waals surface area (Å²) >= 11 is 0. The number of hydrogen-bond acceptors (Lipinski definition) is 1. The number of rotatable bonds is 5. The molecule has 0 aromatic heterocycles. The van der Waals surface area contributed by atoms with E-state index in [1.54, 1.807) is 13.0 Å². The van der Waals surface area contributed by atoms with Crippen molar-refractivity contribution in [2.45, 2.75) is 46.2 Å². The first kappa shape index (κ1) is 12.2. The van der Waals surface area contributed by atoms with E-state index in [1.807, 2.05) is 12.1 Å². The normalized spacial score (nSPS) is 11.0. The molecule has 84 valence electrons. The molecule has 0 fully saturated rings. The Kier molecular flexibility index (Phi) is 4.76. The molecule has 0 aliphatic rings. The minimum absolute atomic E-state index is 0.124. The predicted molar refractivity (Wildman–Crippen MR) is 62.3 cm³/mol. The van der Waals surface area contributed by atoms with Crippen LogP contribution in [0.3, 0.4) is 0 Å². The fourth-order valence-corrected chi connectivity index (χ4v) is 1.66. The van der Waals surface area contributed by atoms with Gasteiger partial charge in [-0.1, -0.05) is 26.0 Å². The smallest absolute Gasteiger partial charge is 0.126 e. The third-order valence-electron chi connectivity index (χ3n) is 2.80. The van der Waals surface area contributed by atoms with Crippen molar-refractivity contribution in [3.63, 3.8) is 0 Å². The van der Waals surface area contributed by atoms with Gasteiger partial charge in [-0.05, 0) is 37.0 Å². The summed E-state index contributed by atoms with van der Waals surface area (Å²) in [6.45, 7) is 6.98. The van der Waals surface area contributed by atoms with Gasteiger partial charge in [0.25, 0.3) is 0 Å². The first-order valence-electron chi connectivity index (χ1n) is 5.65. The van der Waals surface area contributed by atoms with Gasteiger partial charge >= 0.3 is 0 Å². The number of nitrogens with one attached hydrogen (secondary N) is 1. The largest absolute Gasteiger partial charge is 0.310 e. The molecule has 0 bridgehead atoms. The first-order chi connectivity index (χ1) is 7.17. The lowest BCUT2D eigenvalue weighted by molar-refractivity contribution is 0.483. The van der Waals surface area contributed by atoms with Crippen LogP contribution in [0.4, 0.5) is 4.39 Å². The van der Waals surface area contributed by atoms with Crippen LogP contribution in [0.5, 0.6) is 0 Å². The Morgan fingerprint density at radius 1 is 1.27 bits per heavy atom. The van der Waals surface area contributed by atoms with Crippen molar-refractivity contribution in [2.24, 2.45) is 0 Å². The van der Waals surface area contributed by atoms with E-state index < -0.39 is 0 Å². The summed E-state index contributed by atoms with van der Waals surface area (Å²) in [4.78, 5) is 0. The summed E-state index contributed by atoms with van der Waals surface area (Å²) in [7, 11) is 0. The molecule has 1 N–H and O–H groups in total. The monoisotopic (exact) mass is 209 g/mol. The molecule has 0 atom stereocenters. The van der Waals surface area contributed by atoms with Crippen LogP contribution in [-0.2, 0) is 6.54 Å². The molecule has 0 unspecified atom stereocenters. The van der Waals surface area contributed by atoms with Crippen molar-refractivity contribution in [1.29, 1.82) is 0 Å². The SMILES string of the molecule is CCC(CC)NCc1ccc(F)c(C)c1. The van der Waals surface area contributed by atoms with E-state index in [1.165, 1.54) is 0 Å². The molecule has 0 aliphatic carbocycles. The second-order valence-corrected chi connectivity index (χ2v) is 3.98. The molecule has 1 rings (SSSR count). The van der Waals surface area contributed by atoms with E-state index in [2.05, 4.69) is 19.2 Å². The van der Waals surface area contributed by atoms with Gasteiger partial charge in [0.15, 0.2) is 0 Å². The van der Waals surface area contributed by atoms with Crippen LogP contribution in [0, 0.1) is 12.7 Å². The lowest BCUT2D eigenvalue weighted by Crippen LogP contribution is -2.26. The zero-order chi connectivity index (χ0) is 11.3. The van der Waals surface area contributed by atoms with E-state index in [9.17, 15) is 4.39 Å². The Morgan fingerprint density at radius 2 is 1.93 bits per heavy atom. The summed E-state index contributed by atoms with van der Waals surface area (Å²) < 4.78 is 13.0. The van der Waals surface area contributed by atoms with Gasteiger partial charge in [0.05, 0.1) is 0 Å². The zero-order valence-electron chi connectivity index (χ0n) is 9.81. The Bertz CT molecular complexity index is 305. The van der Waals surface area contributed by atoms with Crippen LogP contribution < -0.4 is 5.32 Å². The summed E-state index contributed by atoms with van der Waals surface area (Å²) in [5.41, 5.74) is 1.87. The van der Waals surface area contributed by atoms with Gasteiger partial charge in [-0.25, -0.2) is 4.39 Å². The zero-order valence-corrected chi connectivity index (χ0v) is 9.81. The summed E-state index contributed by atoms with van der Waals surface area (Å²) in [6, 6.07) is 5.86. The second kappa shape index (κ2) is 5.86. The molecule has 0 amide bonds. The molecule has 15 heavy (non-hydrogen) atoms. The minimum atomic E-state index is -0.124. The van der Waals surface area contributed by atoms with Crippen LogP contribution in [0.15, 0.2) is 18.2 Å². The van der Waals surface area contributed by atoms with Gasteiger partial charge in [0.1, 0.15) is 5.82 Å². The van der Waals surface area contributed by atoms with Crippen molar-refractivity contribution >= 4 is 0 Å². The van der Waals surface area contributed by atoms with Crippen molar-refractivity contribution < 1.29 is 4.39 Å². The molecule has 0 saturated heterocycles. The van der Waals surface area contributed by atoms with E-state index in [0.29, 0.717) is 6.04 Å². The van der Waals surface area contributed by atoms with E-state index >= 15 is 0 Å². The maximum atomic E-state index is 13.0. The summed E-state index contributed by atoms with van der Waals surface area (Å²) in [5, 5.41) is 3.46. The molecule has 0 aliphatic heterocycles. The number of aryl methyl sites for hydroxylation is 1. The highest BCUT2D eigenvalue weighted by atomic mass is 19.1. The van der Waals surface area contributed by atoms with Gasteiger partial charge in [-0.15, -0.1) is 0 Å². The third kappa shape index (κ3) is 3.63. The standard InChI is InChI=1S/C13H20FN/c1-4-12(5-2)15-9-11-6-7-13(14)10(3)8-11/h6-8,12,15H,4-5,9H2,1-3H3. The Balaban J connectivity index is 2.54. The Morgan fingerprint density at radius 3 is 2.47 bits per heavy atom. The highest BCUT2D eigenvalue weighted by molar-refractivity contribution is 5.23. The maximum absolute atomic E-state index is 13.0. The van der Waals surface area contributed by atoms with Gasteiger partial charge in [0.2, 0.25) is 0 Å². The van der Waals surface area contributed by atoms with Crippen molar-refractivity contribution in [3.05, 3.63) is 35.1 Å². The van der Waals surface area contributed by atoms with Crippen LogP contribution in [0.1, 0.15) is 37.8 Å².